The van der Waals surface area contributed by atoms with Crippen molar-refractivity contribution in [2.75, 3.05) is 19.5 Å². The highest BCUT2D eigenvalue weighted by Crippen LogP contribution is 2.38. The zero-order chi connectivity index (χ0) is 24.2. The van der Waals surface area contributed by atoms with Gasteiger partial charge in [-0.1, -0.05) is 12.1 Å². The maximum absolute atomic E-state index is 14.2. The molecule has 0 saturated heterocycles. The topological polar surface area (TPSA) is 87.0 Å². The lowest BCUT2D eigenvalue weighted by molar-refractivity contribution is 0.414. The standard InChI is InChI=1S/C25H21FN6O2S/c1-33-18-7-4-16(5-8-18)13-32-14-20(23(31-32)19-12-17(26)6-9-22(19)34-2)21-15-35-25(29-21)30-24-27-10-3-11-28-24/h3-12,14-15H,13H2,1-2H3,(H,27,28,29,30). The quantitative estimate of drug-likeness (QED) is 0.312. The number of benzene rings is 2. The number of nitrogens with zero attached hydrogens (tertiary/aromatic N) is 5. The van der Waals surface area contributed by atoms with Gasteiger partial charge in [0.2, 0.25) is 5.95 Å². The summed E-state index contributed by atoms with van der Waals surface area (Å²) in [7, 11) is 3.18. The molecule has 0 aliphatic rings. The van der Waals surface area contributed by atoms with E-state index in [1.165, 1.54) is 23.5 Å². The third kappa shape index (κ3) is 4.97. The smallest absolute Gasteiger partial charge is 0.228 e. The molecular formula is C25H21FN6O2S. The molecule has 0 fully saturated rings. The van der Waals surface area contributed by atoms with Gasteiger partial charge < -0.3 is 14.8 Å². The minimum atomic E-state index is -0.377. The summed E-state index contributed by atoms with van der Waals surface area (Å²) in [6.45, 7) is 0.516. The number of hydrogen-bond acceptors (Lipinski definition) is 8. The summed E-state index contributed by atoms with van der Waals surface area (Å²) >= 11 is 1.42. The fourth-order valence-electron chi connectivity index (χ4n) is 3.59. The van der Waals surface area contributed by atoms with Gasteiger partial charge in [0.1, 0.15) is 23.0 Å². The van der Waals surface area contributed by atoms with Gasteiger partial charge >= 0.3 is 0 Å². The van der Waals surface area contributed by atoms with Crippen LogP contribution in [-0.2, 0) is 6.54 Å². The molecule has 0 saturated carbocycles. The Bertz CT molecular complexity index is 1440. The number of thiazole rings is 1. The molecule has 3 aromatic heterocycles. The zero-order valence-electron chi connectivity index (χ0n) is 19.0. The maximum Gasteiger partial charge on any atom is 0.228 e. The van der Waals surface area contributed by atoms with Crippen molar-refractivity contribution in [2.24, 2.45) is 0 Å². The number of methoxy groups -OCH3 is 2. The molecule has 0 atom stereocenters. The first kappa shape index (κ1) is 22.5. The van der Waals surface area contributed by atoms with E-state index >= 15 is 0 Å². The average molecular weight is 489 g/mol. The largest absolute Gasteiger partial charge is 0.497 e. The lowest BCUT2D eigenvalue weighted by Gasteiger charge is -2.08. The number of hydrogen-bond donors (Lipinski definition) is 1. The monoisotopic (exact) mass is 488 g/mol. The molecule has 5 rings (SSSR count). The maximum atomic E-state index is 14.2. The van der Waals surface area contributed by atoms with Gasteiger partial charge in [0.25, 0.3) is 0 Å². The summed E-state index contributed by atoms with van der Waals surface area (Å²) in [4.78, 5) is 13.1. The van der Waals surface area contributed by atoms with Crippen molar-refractivity contribution >= 4 is 22.4 Å². The second kappa shape index (κ2) is 9.90. The highest BCUT2D eigenvalue weighted by atomic mass is 32.1. The van der Waals surface area contributed by atoms with Crippen molar-refractivity contribution in [1.29, 1.82) is 0 Å². The minimum Gasteiger partial charge on any atom is -0.497 e. The van der Waals surface area contributed by atoms with Gasteiger partial charge in [-0.05, 0) is 42.0 Å². The van der Waals surface area contributed by atoms with E-state index in [0.29, 0.717) is 40.3 Å². The molecule has 0 aliphatic carbocycles. The van der Waals surface area contributed by atoms with Gasteiger partial charge in [-0.3, -0.25) is 4.68 Å². The lowest BCUT2D eigenvalue weighted by atomic mass is 10.1. The van der Waals surface area contributed by atoms with Crippen molar-refractivity contribution in [2.45, 2.75) is 6.54 Å². The van der Waals surface area contributed by atoms with Crippen LogP contribution in [0.1, 0.15) is 5.56 Å². The van der Waals surface area contributed by atoms with Crippen LogP contribution in [-0.4, -0.2) is 39.0 Å². The molecule has 1 N–H and O–H groups in total. The fraction of sp³-hybridized carbons (Fsp3) is 0.120. The molecule has 0 spiro atoms. The van der Waals surface area contributed by atoms with Crippen LogP contribution in [0.15, 0.2) is 72.5 Å². The van der Waals surface area contributed by atoms with Gasteiger partial charge in [0, 0.05) is 35.1 Å². The Labute approximate surface area is 205 Å². The highest BCUT2D eigenvalue weighted by molar-refractivity contribution is 7.14. The van der Waals surface area contributed by atoms with Crippen LogP contribution in [0, 0.1) is 5.82 Å². The van der Waals surface area contributed by atoms with E-state index in [2.05, 4.69) is 15.3 Å². The number of rotatable bonds is 8. The number of ether oxygens (including phenoxy) is 2. The molecule has 5 aromatic rings. The van der Waals surface area contributed by atoms with E-state index in [4.69, 9.17) is 19.6 Å². The molecule has 2 aromatic carbocycles. The molecule has 0 aliphatic heterocycles. The van der Waals surface area contributed by atoms with Crippen LogP contribution in [0.5, 0.6) is 11.5 Å². The third-order valence-corrected chi connectivity index (χ3v) is 6.00. The Hall–Kier alpha value is -4.31. The predicted molar refractivity (Wildman–Crippen MR) is 133 cm³/mol. The van der Waals surface area contributed by atoms with Crippen LogP contribution in [0.3, 0.4) is 0 Å². The molecule has 8 nitrogen and oxygen atoms in total. The highest BCUT2D eigenvalue weighted by Gasteiger charge is 2.20. The van der Waals surface area contributed by atoms with Crippen molar-refractivity contribution in [3.05, 3.63) is 83.9 Å². The summed E-state index contributed by atoms with van der Waals surface area (Å²) in [6, 6.07) is 13.9. The summed E-state index contributed by atoms with van der Waals surface area (Å²) in [6.07, 6.45) is 5.21. The molecule has 10 heteroatoms. The van der Waals surface area contributed by atoms with Crippen LogP contribution in [0.2, 0.25) is 0 Å². The van der Waals surface area contributed by atoms with Crippen molar-refractivity contribution in [1.82, 2.24) is 24.7 Å². The lowest BCUT2D eigenvalue weighted by Crippen LogP contribution is -2.00. The first-order chi connectivity index (χ1) is 17.1. The van der Waals surface area contributed by atoms with Crippen LogP contribution in [0.25, 0.3) is 22.5 Å². The van der Waals surface area contributed by atoms with Gasteiger partial charge in [-0.15, -0.1) is 11.3 Å². The van der Waals surface area contributed by atoms with E-state index < -0.39 is 0 Å². The Morgan fingerprint density at radius 1 is 1.00 bits per heavy atom. The Kier molecular flexibility index (Phi) is 6.36. The van der Waals surface area contributed by atoms with Crippen LogP contribution >= 0.6 is 11.3 Å². The van der Waals surface area contributed by atoms with Gasteiger partial charge in [-0.25, -0.2) is 19.3 Å². The Morgan fingerprint density at radius 3 is 2.54 bits per heavy atom. The zero-order valence-corrected chi connectivity index (χ0v) is 19.8. The molecule has 35 heavy (non-hydrogen) atoms. The van der Waals surface area contributed by atoms with E-state index in [-0.39, 0.29) is 5.82 Å². The van der Waals surface area contributed by atoms with Crippen LogP contribution in [0.4, 0.5) is 15.5 Å². The molecule has 0 unspecified atom stereocenters. The van der Waals surface area contributed by atoms with E-state index in [1.807, 2.05) is 40.5 Å². The summed E-state index contributed by atoms with van der Waals surface area (Å²) in [5.41, 5.74) is 3.60. The first-order valence-electron chi connectivity index (χ1n) is 10.7. The second-order valence-electron chi connectivity index (χ2n) is 7.52. The third-order valence-electron chi connectivity index (χ3n) is 5.25. The van der Waals surface area contributed by atoms with Crippen molar-refractivity contribution in [3.8, 4) is 34.0 Å². The number of aromatic nitrogens is 5. The van der Waals surface area contributed by atoms with E-state index in [0.717, 1.165) is 16.9 Å². The molecule has 0 amide bonds. The molecular weight excluding hydrogens is 467 g/mol. The van der Waals surface area contributed by atoms with Crippen molar-refractivity contribution in [3.63, 3.8) is 0 Å². The first-order valence-corrected chi connectivity index (χ1v) is 11.5. The van der Waals surface area contributed by atoms with Crippen molar-refractivity contribution < 1.29 is 13.9 Å². The Balaban J connectivity index is 1.54. The van der Waals surface area contributed by atoms with Gasteiger partial charge in [0.05, 0.1) is 26.5 Å². The summed E-state index contributed by atoms with van der Waals surface area (Å²) in [5.74, 6) is 1.38. The summed E-state index contributed by atoms with van der Waals surface area (Å²) in [5, 5.41) is 10.4. The van der Waals surface area contributed by atoms with Gasteiger partial charge in [0.15, 0.2) is 5.13 Å². The normalized spacial score (nSPS) is 10.8. The number of anilines is 2. The number of nitrogens with one attached hydrogen (secondary N) is 1. The molecule has 176 valence electrons. The minimum absolute atomic E-state index is 0.377. The van der Waals surface area contributed by atoms with Gasteiger partial charge in [-0.2, -0.15) is 5.10 Å². The SMILES string of the molecule is COc1ccc(Cn2cc(-c3csc(Nc4ncccn4)n3)c(-c3cc(F)ccc3OC)n2)cc1. The fourth-order valence-corrected chi connectivity index (χ4v) is 4.29. The number of halogens is 1. The van der Waals surface area contributed by atoms with E-state index in [1.54, 1.807) is 38.7 Å². The van der Waals surface area contributed by atoms with Crippen LogP contribution < -0.4 is 14.8 Å². The molecule has 0 radical (unpaired) electrons. The summed E-state index contributed by atoms with van der Waals surface area (Å²) < 4.78 is 26.8. The van der Waals surface area contributed by atoms with E-state index in [9.17, 15) is 4.39 Å². The molecule has 0 bridgehead atoms. The molecule has 3 heterocycles. The Morgan fingerprint density at radius 2 is 1.80 bits per heavy atom. The average Bonchev–Trinajstić information content (AvgIpc) is 3.52. The predicted octanol–water partition coefficient (Wildman–Crippen LogP) is 5.41. The second-order valence-corrected chi connectivity index (χ2v) is 8.38.